The molecule has 0 spiro atoms. The summed E-state index contributed by atoms with van der Waals surface area (Å²) in [4.78, 5) is 7.60. The lowest BCUT2D eigenvalue weighted by Crippen LogP contribution is -2.37. The van der Waals surface area contributed by atoms with E-state index < -0.39 is 0 Å². The molecule has 0 N–H and O–H groups in total. The molecule has 2 fully saturated rings. The second kappa shape index (κ2) is 5.63. The SMILES string of the molecule is CC1=C2CC(C)(C)CCC2CC(CN2CCCCC2)=N1. The number of hydrogen-bond acceptors (Lipinski definition) is 2. The van der Waals surface area contributed by atoms with Gasteiger partial charge in [-0.1, -0.05) is 20.3 Å². The highest BCUT2D eigenvalue weighted by atomic mass is 15.1. The van der Waals surface area contributed by atoms with Crippen molar-refractivity contribution in [2.45, 2.75) is 65.7 Å². The van der Waals surface area contributed by atoms with E-state index in [1.165, 1.54) is 69.4 Å². The maximum absolute atomic E-state index is 4.98. The van der Waals surface area contributed by atoms with Crippen LogP contribution < -0.4 is 0 Å². The summed E-state index contributed by atoms with van der Waals surface area (Å²) in [6, 6.07) is 0. The number of hydrogen-bond donors (Lipinski definition) is 0. The Bertz CT molecular complexity index is 425. The van der Waals surface area contributed by atoms with Gasteiger partial charge in [-0.2, -0.15) is 0 Å². The Hall–Kier alpha value is -0.630. The molecule has 0 amide bonds. The van der Waals surface area contributed by atoms with Gasteiger partial charge in [0.2, 0.25) is 0 Å². The number of nitrogens with zero attached hydrogens (tertiary/aromatic N) is 2. The molecule has 0 aromatic heterocycles. The Morgan fingerprint density at radius 3 is 2.70 bits per heavy atom. The molecule has 1 saturated carbocycles. The highest BCUT2D eigenvalue weighted by Gasteiger charge is 2.34. The molecule has 0 aromatic rings. The van der Waals surface area contributed by atoms with Gasteiger partial charge in [0, 0.05) is 18.0 Å². The molecule has 2 aliphatic heterocycles. The molecule has 2 nitrogen and oxygen atoms in total. The summed E-state index contributed by atoms with van der Waals surface area (Å²) < 4.78 is 0. The van der Waals surface area contributed by atoms with Crippen LogP contribution in [0.25, 0.3) is 0 Å². The van der Waals surface area contributed by atoms with Crippen molar-refractivity contribution < 1.29 is 0 Å². The average molecular weight is 274 g/mol. The van der Waals surface area contributed by atoms with Crippen molar-refractivity contribution in [3.8, 4) is 0 Å². The number of piperidine rings is 1. The number of allylic oxidation sites excluding steroid dienone is 2. The van der Waals surface area contributed by atoms with E-state index in [9.17, 15) is 0 Å². The van der Waals surface area contributed by atoms with Gasteiger partial charge in [0.15, 0.2) is 0 Å². The first kappa shape index (κ1) is 14.3. The van der Waals surface area contributed by atoms with E-state index in [1.54, 1.807) is 5.57 Å². The van der Waals surface area contributed by atoms with Crippen LogP contribution in [0.1, 0.15) is 65.7 Å². The molecule has 2 heterocycles. The normalized spacial score (nSPS) is 30.9. The van der Waals surface area contributed by atoms with E-state index >= 15 is 0 Å². The van der Waals surface area contributed by atoms with E-state index in [1.807, 2.05) is 0 Å². The first-order valence-electron chi connectivity index (χ1n) is 8.52. The van der Waals surface area contributed by atoms with Gasteiger partial charge in [-0.15, -0.1) is 0 Å². The molecule has 1 unspecified atom stereocenters. The van der Waals surface area contributed by atoms with Crippen molar-refractivity contribution in [2.24, 2.45) is 16.3 Å². The Morgan fingerprint density at radius 1 is 1.20 bits per heavy atom. The van der Waals surface area contributed by atoms with Crippen molar-refractivity contribution in [1.29, 1.82) is 0 Å². The van der Waals surface area contributed by atoms with E-state index in [4.69, 9.17) is 4.99 Å². The standard InChI is InChI=1S/C18H30N2/c1-14-17-12-18(2,3)8-7-15(17)11-16(19-14)13-20-9-5-4-6-10-20/h15H,4-13H2,1-3H3. The van der Waals surface area contributed by atoms with Gasteiger partial charge in [0.1, 0.15) is 0 Å². The van der Waals surface area contributed by atoms with E-state index in [-0.39, 0.29) is 0 Å². The molecule has 0 radical (unpaired) electrons. The van der Waals surface area contributed by atoms with E-state index in [2.05, 4.69) is 25.7 Å². The molecule has 3 aliphatic rings. The minimum absolute atomic E-state index is 0.493. The smallest absolute Gasteiger partial charge is 0.0368 e. The van der Waals surface area contributed by atoms with Crippen molar-refractivity contribution in [2.75, 3.05) is 19.6 Å². The lowest BCUT2D eigenvalue weighted by molar-refractivity contribution is 0.240. The van der Waals surface area contributed by atoms with Crippen LogP contribution >= 0.6 is 0 Å². The summed E-state index contributed by atoms with van der Waals surface area (Å²) in [6.07, 6.45) is 9.44. The largest absolute Gasteiger partial charge is 0.298 e. The van der Waals surface area contributed by atoms with Gasteiger partial charge in [-0.3, -0.25) is 9.89 Å². The zero-order chi connectivity index (χ0) is 14.2. The zero-order valence-corrected chi connectivity index (χ0v) is 13.5. The first-order valence-corrected chi connectivity index (χ1v) is 8.52. The monoisotopic (exact) mass is 274 g/mol. The third-order valence-electron chi connectivity index (χ3n) is 5.46. The Kier molecular flexibility index (Phi) is 4.03. The first-order chi connectivity index (χ1) is 9.53. The lowest BCUT2D eigenvalue weighted by atomic mass is 9.68. The van der Waals surface area contributed by atoms with Crippen molar-refractivity contribution in [3.63, 3.8) is 0 Å². The molecule has 2 heteroatoms. The van der Waals surface area contributed by atoms with Crippen LogP contribution in [0.5, 0.6) is 0 Å². The molecule has 1 saturated heterocycles. The Labute approximate surface area is 124 Å². The molecular formula is C18H30N2. The van der Waals surface area contributed by atoms with Crippen molar-refractivity contribution in [3.05, 3.63) is 11.3 Å². The summed E-state index contributed by atoms with van der Waals surface area (Å²) in [5, 5.41) is 0. The third kappa shape index (κ3) is 3.16. The number of aliphatic imine (C=N–C) groups is 1. The fraction of sp³-hybridized carbons (Fsp3) is 0.833. The van der Waals surface area contributed by atoms with E-state index in [0.717, 1.165) is 12.5 Å². The van der Waals surface area contributed by atoms with Gasteiger partial charge >= 0.3 is 0 Å². The highest BCUT2D eigenvalue weighted by molar-refractivity contribution is 5.88. The summed E-state index contributed by atoms with van der Waals surface area (Å²) in [7, 11) is 0. The Morgan fingerprint density at radius 2 is 1.95 bits per heavy atom. The number of fused-ring (bicyclic) bond motifs is 1. The highest BCUT2D eigenvalue weighted by Crippen LogP contribution is 2.45. The van der Waals surface area contributed by atoms with Gasteiger partial charge < -0.3 is 0 Å². The third-order valence-corrected chi connectivity index (χ3v) is 5.46. The predicted molar refractivity (Wildman–Crippen MR) is 86.2 cm³/mol. The maximum Gasteiger partial charge on any atom is 0.0368 e. The van der Waals surface area contributed by atoms with Gasteiger partial charge in [0.25, 0.3) is 0 Å². The molecule has 20 heavy (non-hydrogen) atoms. The molecule has 0 bridgehead atoms. The lowest BCUT2D eigenvalue weighted by Gasteiger charge is -2.40. The molecule has 1 aliphatic carbocycles. The van der Waals surface area contributed by atoms with Crippen LogP contribution in [0.2, 0.25) is 0 Å². The number of likely N-dealkylation sites (tertiary alicyclic amines) is 1. The molecule has 0 aromatic carbocycles. The van der Waals surface area contributed by atoms with Crippen LogP contribution in [-0.2, 0) is 0 Å². The van der Waals surface area contributed by atoms with Crippen molar-refractivity contribution in [1.82, 2.24) is 4.90 Å². The van der Waals surface area contributed by atoms with Gasteiger partial charge in [0.05, 0.1) is 0 Å². The Balaban J connectivity index is 1.70. The van der Waals surface area contributed by atoms with Crippen LogP contribution in [0.4, 0.5) is 0 Å². The summed E-state index contributed by atoms with van der Waals surface area (Å²) in [6.45, 7) is 10.8. The fourth-order valence-electron chi connectivity index (χ4n) is 4.25. The van der Waals surface area contributed by atoms with Crippen LogP contribution in [0, 0.1) is 11.3 Å². The van der Waals surface area contributed by atoms with Crippen LogP contribution in [-0.4, -0.2) is 30.2 Å². The topological polar surface area (TPSA) is 15.6 Å². The van der Waals surface area contributed by atoms with Gasteiger partial charge in [-0.25, -0.2) is 0 Å². The second-order valence-corrected chi connectivity index (χ2v) is 7.91. The summed E-state index contributed by atoms with van der Waals surface area (Å²) in [5.74, 6) is 0.806. The quantitative estimate of drug-likeness (QED) is 0.728. The maximum atomic E-state index is 4.98. The molecule has 112 valence electrons. The molecular weight excluding hydrogens is 244 g/mol. The number of rotatable bonds is 2. The zero-order valence-electron chi connectivity index (χ0n) is 13.5. The van der Waals surface area contributed by atoms with Gasteiger partial charge in [-0.05, 0) is 75.4 Å². The van der Waals surface area contributed by atoms with Crippen LogP contribution in [0.3, 0.4) is 0 Å². The predicted octanol–water partition coefficient (Wildman–Crippen LogP) is 4.42. The molecule has 3 rings (SSSR count). The average Bonchev–Trinajstić information content (AvgIpc) is 2.41. The molecule has 1 atom stereocenters. The minimum Gasteiger partial charge on any atom is -0.298 e. The minimum atomic E-state index is 0.493. The van der Waals surface area contributed by atoms with Crippen molar-refractivity contribution >= 4 is 5.71 Å². The summed E-state index contributed by atoms with van der Waals surface area (Å²) >= 11 is 0. The summed E-state index contributed by atoms with van der Waals surface area (Å²) in [5.41, 5.74) is 4.97. The fourth-order valence-corrected chi connectivity index (χ4v) is 4.25. The van der Waals surface area contributed by atoms with E-state index in [0.29, 0.717) is 5.41 Å². The second-order valence-electron chi connectivity index (χ2n) is 7.91. The van der Waals surface area contributed by atoms with Crippen LogP contribution in [0.15, 0.2) is 16.3 Å².